The fourth-order valence-electron chi connectivity index (χ4n) is 5.37. The predicted octanol–water partition coefficient (Wildman–Crippen LogP) is 2.62. The Labute approximate surface area is 169 Å². The number of ether oxygens (including phenoxy) is 1. The molecule has 2 saturated heterocycles. The van der Waals surface area contributed by atoms with Gasteiger partial charge in [-0.2, -0.15) is 0 Å². The van der Waals surface area contributed by atoms with Crippen LogP contribution < -0.4 is 10.1 Å². The molecule has 0 spiro atoms. The van der Waals surface area contributed by atoms with Crippen molar-refractivity contribution in [1.82, 2.24) is 4.90 Å². The molecule has 0 aromatic heterocycles. The van der Waals surface area contributed by atoms with Gasteiger partial charge in [0.05, 0.1) is 12.3 Å². The second kappa shape index (κ2) is 6.88. The molecule has 0 saturated carbocycles. The number of anilines is 1. The second-order valence-electron chi connectivity index (χ2n) is 8.39. The standard InChI is InChI=1S/C23H24N2O4/c26-14-23(11-15-4-2-1-3-5-15)12-17-7-9-20(23)25(17)22(28)16-6-8-18-19(10-16)29-13-21(27)24-18/h1-6,8,10,17,20,26H,7,9,11-14H2,(H,24,27)/t17-,20+,23-/m1/s1. The molecule has 2 aromatic rings. The molecule has 0 aliphatic carbocycles. The van der Waals surface area contributed by atoms with Crippen LogP contribution in [0.15, 0.2) is 48.5 Å². The van der Waals surface area contributed by atoms with Crippen molar-refractivity contribution in [3.63, 3.8) is 0 Å². The monoisotopic (exact) mass is 392 g/mol. The number of carbonyl (C=O) groups excluding carboxylic acids is 2. The van der Waals surface area contributed by atoms with Crippen LogP contribution in [0.2, 0.25) is 0 Å². The van der Waals surface area contributed by atoms with Gasteiger partial charge in [0.2, 0.25) is 0 Å². The first-order valence-electron chi connectivity index (χ1n) is 10.1. The molecule has 2 amide bonds. The fraction of sp³-hybridized carbons (Fsp3) is 0.391. The molecule has 0 radical (unpaired) electrons. The highest BCUT2D eigenvalue weighted by atomic mass is 16.5. The van der Waals surface area contributed by atoms with E-state index < -0.39 is 0 Å². The van der Waals surface area contributed by atoms with Crippen LogP contribution in [0, 0.1) is 5.41 Å². The highest BCUT2D eigenvalue weighted by Crippen LogP contribution is 2.52. The van der Waals surface area contributed by atoms with Crippen molar-refractivity contribution in [3.8, 4) is 5.75 Å². The third-order valence-electron chi connectivity index (χ3n) is 6.66. The Morgan fingerprint density at radius 1 is 1.21 bits per heavy atom. The van der Waals surface area contributed by atoms with Crippen molar-refractivity contribution in [2.75, 3.05) is 18.5 Å². The molecule has 2 bridgehead atoms. The molecule has 3 aliphatic heterocycles. The Bertz CT molecular complexity index is 961. The van der Waals surface area contributed by atoms with Gasteiger partial charge in [0.1, 0.15) is 5.75 Å². The van der Waals surface area contributed by atoms with Crippen LogP contribution in [0.4, 0.5) is 5.69 Å². The Hall–Kier alpha value is -2.86. The van der Waals surface area contributed by atoms with Gasteiger partial charge >= 0.3 is 0 Å². The summed E-state index contributed by atoms with van der Waals surface area (Å²) < 4.78 is 5.48. The smallest absolute Gasteiger partial charge is 0.262 e. The fourth-order valence-corrected chi connectivity index (χ4v) is 5.37. The summed E-state index contributed by atoms with van der Waals surface area (Å²) in [6.45, 7) is 0.0382. The van der Waals surface area contributed by atoms with E-state index in [0.29, 0.717) is 17.0 Å². The number of rotatable bonds is 4. The number of hydrogen-bond acceptors (Lipinski definition) is 4. The number of aliphatic hydroxyl groups excluding tert-OH is 1. The second-order valence-corrected chi connectivity index (χ2v) is 8.39. The number of amides is 2. The third-order valence-corrected chi connectivity index (χ3v) is 6.66. The van der Waals surface area contributed by atoms with Crippen molar-refractivity contribution in [2.24, 2.45) is 5.41 Å². The average Bonchev–Trinajstić information content (AvgIpc) is 3.29. The maximum absolute atomic E-state index is 13.4. The Morgan fingerprint density at radius 2 is 2.03 bits per heavy atom. The lowest BCUT2D eigenvalue weighted by Gasteiger charge is -2.36. The summed E-state index contributed by atoms with van der Waals surface area (Å²) in [7, 11) is 0. The van der Waals surface area contributed by atoms with E-state index in [1.807, 2.05) is 23.1 Å². The summed E-state index contributed by atoms with van der Waals surface area (Å²) in [6.07, 6.45) is 3.49. The molecular formula is C23H24N2O4. The molecule has 5 rings (SSSR count). The normalized spacial score (nSPS) is 27.3. The maximum atomic E-state index is 13.4. The highest BCUT2D eigenvalue weighted by molar-refractivity contribution is 5.99. The quantitative estimate of drug-likeness (QED) is 0.838. The van der Waals surface area contributed by atoms with E-state index in [9.17, 15) is 14.7 Å². The Balaban J connectivity index is 1.42. The summed E-state index contributed by atoms with van der Waals surface area (Å²) in [6, 6.07) is 15.6. The third kappa shape index (κ3) is 2.99. The van der Waals surface area contributed by atoms with Crippen LogP contribution in [0.3, 0.4) is 0 Å². The molecule has 2 fully saturated rings. The summed E-state index contributed by atoms with van der Waals surface area (Å²) >= 11 is 0. The van der Waals surface area contributed by atoms with Crippen molar-refractivity contribution < 1.29 is 19.4 Å². The zero-order valence-corrected chi connectivity index (χ0v) is 16.1. The number of aliphatic hydroxyl groups is 1. The van der Waals surface area contributed by atoms with Crippen molar-refractivity contribution in [2.45, 2.75) is 37.8 Å². The van der Waals surface area contributed by atoms with Crippen LogP contribution in [0.1, 0.15) is 35.2 Å². The molecule has 29 heavy (non-hydrogen) atoms. The first-order valence-corrected chi connectivity index (χ1v) is 10.1. The van der Waals surface area contributed by atoms with E-state index in [-0.39, 0.29) is 42.5 Å². The van der Waals surface area contributed by atoms with E-state index in [0.717, 1.165) is 25.7 Å². The molecule has 6 heteroatoms. The minimum absolute atomic E-state index is 0.0239. The van der Waals surface area contributed by atoms with Gasteiger partial charge in [0.15, 0.2) is 6.61 Å². The molecule has 3 atom stereocenters. The van der Waals surface area contributed by atoms with Crippen molar-refractivity contribution in [1.29, 1.82) is 0 Å². The lowest BCUT2D eigenvalue weighted by molar-refractivity contribution is -0.118. The van der Waals surface area contributed by atoms with Crippen LogP contribution in [0.25, 0.3) is 0 Å². The van der Waals surface area contributed by atoms with Crippen LogP contribution in [0.5, 0.6) is 5.75 Å². The van der Waals surface area contributed by atoms with Crippen molar-refractivity contribution >= 4 is 17.5 Å². The van der Waals surface area contributed by atoms with E-state index in [1.165, 1.54) is 5.56 Å². The number of nitrogens with zero attached hydrogens (tertiary/aromatic N) is 1. The molecule has 6 nitrogen and oxygen atoms in total. The number of carbonyl (C=O) groups is 2. The minimum atomic E-state index is -0.293. The number of benzene rings is 2. The van der Waals surface area contributed by atoms with E-state index in [2.05, 4.69) is 17.4 Å². The largest absolute Gasteiger partial charge is 0.482 e. The minimum Gasteiger partial charge on any atom is -0.482 e. The van der Waals surface area contributed by atoms with Gasteiger partial charge < -0.3 is 20.1 Å². The SMILES string of the molecule is O=C1COc2cc(C(=O)N3[C@@H]4CC[C@H]3[C@](CO)(Cc3ccccc3)C4)ccc2N1. The lowest BCUT2D eigenvalue weighted by atomic mass is 9.70. The van der Waals surface area contributed by atoms with Gasteiger partial charge in [-0.1, -0.05) is 30.3 Å². The Morgan fingerprint density at radius 3 is 2.83 bits per heavy atom. The van der Waals surface area contributed by atoms with Gasteiger partial charge in [-0.05, 0) is 49.4 Å². The highest BCUT2D eigenvalue weighted by Gasteiger charge is 2.57. The molecule has 3 heterocycles. The number of nitrogens with one attached hydrogen (secondary N) is 1. The molecule has 150 valence electrons. The molecule has 2 aromatic carbocycles. The van der Waals surface area contributed by atoms with Gasteiger partial charge in [-0.15, -0.1) is 0 Å². The van der Waals surface area contributed by atoms with Gasteiger partial charge in [-0.3, -0.25) is 9.59 Å². The summed E-state index contributed by atoms with van der Waals surface area (Å²) in [5, 5.41) is 13.1. The zero-order valence-electron chi connectivity index (χ0n) is 16.1. The predicted molar refractivity (Wildman–Crippen MR) is 108 cm³/mol. The van der Waals surface area contributed by atoms with Crippen molar-refractivity contribution in [3.05, 3.63) is 59.7 Å². The summed E-state index contributed by atoms with van der Waals surface area (Å²) in [5.41, 5.74) is 2.05. The van der Waals surface area contributed by atoms with Crippen LogP contribution in [-0.4, -0.2) is 47.1 Å². The van der Waals surface area contributed by atoms with E-state index >= 15 is 0 Å². The number of fused-ring (bicyclic) bond motifs is 3. The lowest BCUT2D eigenvalue weighted by Crippen LogP contribution is -2.44. The van der Waals surface area contributed by atoms with Gasteiger partial charge in [-0.25, -0.2) is 0 Å². The average molecular weight is 392 g/mol. The summed E-state index contributed by atoms with van der Waals surface area (Å²) in [4.78, 5) is 26.9. The Kier molecular flexibility index (Phi) is 4.32. The molecule has 0 unspecified atom stereocenters. The zero-order chi connectivity index (χ0) is 20.0. The first kappa shape index (κ1) is 18.2. The molecule has 2 N–H and O–H groups in total. The van der Waals surface area contributed by atoms with Gasteiger partial charge in [0, 0.05) is 23.1 Å². The molecular weight excluding hydrogens is 368 g/mol. The first-order chi connectivity index (χ1) is 14.1. The van der Waals surface area contributed by atoms with Gasteiger partial charge in [0.25, 0.3) is 11.8 Å². The number of hydrogen-bond donors (Lipinski definition) is 2. The van der Waals surface area contributed by atoms with E-state index in [1.54, 1.807) is 18.2 Å². The van der Waals surface area contributed by atoms with Crippen LogP contribution >= 0.6 is 0 Å². The topological polar surface area (TPSA) is 78.9 Å². The summed E-state index contributed by atoms with van der Waals surface area (Å²) in [5.74, 6) is 0.312. The molecule has 3 aliphatic rings. The van der Waals surface area contributed by atoms with Crippen LogP contribution in [-0.2, 0) is 11.2 Å². The maximum Gasteiger partial charge on any atom is 0.262 e. The van der Waals surface area contributed by atoms with E-state index in [4.69, 9.17) is 4.74 Å².